The molecular weight excluding hydrogens is 287 g/mol. The molecule has 0 bridgehead atoms. The molecule has 4 heteroatoms. The molecule has 0 aliphatic carbocycles. The third-order valence-electron chi connectivity index (χ3n) is 4.56. The fourth-order valence-corrected chi connectivity index (χ4v) is 3.27. The molecule has 1 fully saturated rings. The van der Waals surface area contributed by atoms with Gasteiger partial charge in [-0.1, -0.05) is 44.0 Å². The molecule has 1 saturated heterocycles. The molecule has 1 heterocycles. The van der Waals surface area contributed by atoms with E-state index in [-0.39, 0.29) is 16.4 Å². The fraction of sp³-hybridized carbons (Fsp3) is 0.647. The molecule has 2 atom stereocenters. The molecule has 1 aromatic rings. The first-order chi connectivity index (χ1) is 9.84. The second-order valence-electron chi connectivity index (χ2n) is 6.84. The topological polar surface area (TPSA) is 15.3 Å². The molecule has 1 aliphatic rings. The van der Waals surface area contributed by atoms with Crippen molar-refractivity contribution in [2.45, 2.75) is 52.2 Å². The highest BCUT2D eigenvalue weighted by Crippen LogP contribution is 2.27. The molecule has 21 heavy (non-hydrogen) atoms. The smallest absolute Gasteiger partial charge is 0.142 e. The van der Waals surface area contributed by atoms with E-state index in [9.17, 15) is 4.39 Å². The van der Waals surface area contributed by atoms with Gasteiger partial charge >= 0.3 is 0 Å². The Hall–Kier alpha value is -0.640. The number of nitrogens with one attached hydrogen (secondary N) is 1. The van der Waals surface area contributed by atoms with Gasteiger partial charge in [0.15, 0.2) is 0 Å². The van der Waals surface area contributed by atoms with Crippen LogP contribution in [0.25, 0.3) is 0 Å². The Morgan fingerprint density at radius 1 is 1.48 bits per heavy atom. The van der Waals surface area contributed by atoms with Crippen molar-refractivity contribution in [1.29, 1.82) is 0 Å². The van der Waals surface area contributed by atoms with Gasteiger partial charge in [-0.05, 0) is 31.4 Å². The van der Waals surface area contributed by atoms with Gasteiger partial charge in [-0.15, -0.1) is 0 Å². The molecule has 118 valence electrons. The predicted molar refractivity (Wildman–Crippen MR) is 87.1 cm³/mol. The maximum Gasteiger partial charge on any atom is 0.142 e. The van der Waals surface area contributed by atoms with Crippen molar-refractivity contribution in [1.82, 2.24) is 10.2 Å². The first-order valence-electron chi connectivity index (χ1n) is 7.76. The van der Waals surface area contributed by atoms with Crippen LogP contribution in [0, 0.1) is 11.7 Å². The Kier molecular flexibility index (Phi) is 5.29. The third kappa shape index (κ3) is 3.97. The summed E-state index contributed by atoms with van der Waals surface area (Å²) in [4.78, 5) is 2.45. The zero-order valence-corrected chi connectivity index (χ0v) is 14.2. The van der Waals surface area contributed by atoms with Crippen molar-refractivity contribution in [3.8, 4) is 0 Å². The van der Waals surface area contributed by atoms with Crippen molar-refractivity contribution in [3.05, 3.63) is 34.6 Å². The Balaban J connectivity index is 2.21. The fourth-order valence-electron chi connectivity index (χ4n) is 3.09. The summed E-state index contributed by atoms with van der Waals surface area (Å²) >= 11 is 6.13. The molecule has 2 rings (SSSR count). The van der Waals surface area contributed by atoms with E-state index in [1.165, 1.54) is 6.07 Å². The van der Waals surface area contributed by atoms with Crippen molar-refractivity contribution in [3.63, 3.8) is 0 Å². The average molecular weight is 313 g/mol. The molecule has 2 nitrogen and oxygen atoms in total. The molecule has 0 aromatic heterocycles. The first kappa shape index (κ1) is 16.7. The minimum atomic E-state index is -0.330. The van der Waals surface area contributed by atoms with Gasteiger partial charge in [0.05, 0.1) is 5.02 Å². The second kappa shape index (κ2) is 6.64. The number of piperazine rings is 1. The van der Waals surface area contributed by atoms with E-state index in [2.05, 4.69) is 37.9 Å². The molecule has 1 aliphatic heterocycles. The standard InChI is InChI=1S/C17H26ClFN2/c1-5-12(2)15-9-20-17(3,4)11-21(15)10-13-7-6-8-14(19)16(13)18/h6-8,12,15,20H,5,9-11H2,1-4H3. The van der Waals surface area contributed by atoms with Crippen LogP contribution in [0.5, 0.6) is 0 Å². The number of hydrogen-bond acceptors (Lipinski definition) is 2. The lowest BCUT2D eigenvalue weighted by atomic mass is 9.90. The highest BCUT2D eigenvalue weighted by Gasteiger charge is 2.34. The molecule has 1 N–H and O–H groups in total. The first-order valence-corrected chi connectivity index (χ1v) is 8.14. The van der Waals surface area contributed by atoms with Crippen molar-refractivity contribution in [2.75, 3.05) is 13.1 Å². The van der Waals surface area contributed by atoms with Crippen LogP contribution < -0.4 is 5.32 Å². The van der Waals surface area contributed by atoms with Crippen LogP contribution in [-0.4, -0.2) is 29.6 Å². The van der Waals surface area contributed by atoms with Crippen LogP contribution in [-0.2, 0) is 6.54 Å². The number of benzene rings is 1. The Labute approximate surface area is 132 Å². The number of nitrogens with zero attached hydrogens (tertiary/aromatic N) is 1. The predicted octanol–water partition coefficient (Wildman–Crippen LogP) is 4.08. The van der Waals surface area contributed by atoms with E-state index in [4.69, 9.17) is 11.6 Å². The lowest BCUT2D eigenvalue weighted by Gasteiger charge is -2.47. The van der Waals surface area contributed by atoms with E-state index >= 15 is 0 Å². The summed E-state index contributed by atoms with van der Waals surface area (Å²) < 4.78 is 13.6. The summed E-state index contributed by atoms with van der Waals surface area (Å²) in [5.74, 6) is 0.268. The van der Waals surface area contributed by atoms with E-state index in [0.29, 0.717) is 18.5 Å². The summed E-state index contributed by atoms with van der Waals surface area (Å²) in [7, 11) is 0. The van der Waals surface area contributed by atoms with Gasteiger partial charge in [-0.2, -0.15) is 0 Å². The molecule has 0 saturated carbocycles. The Morgan fingerprint density at radius 2 is 2.19 bits per heavy atom. The number of rotatable bonds is 4. The minimum Gasteiger partial charge on any atom is -0.309 e. The quantitative estimate of drug-likeness (QED) is 0.901. The molecule has 0 amide bonds. The lowest BCUT2D eigenvalue weighted by Crippen LogP contribution is -2.62. The van der Waals surface area contributed by atoms with E-state index in [1.54, 1.807) is 6.07 Å². The van der Waals surface area contributed by atoms with Crippen LogP contribution in [0.2, 0.25) is 5.02 Å². The molecule has 2 unspecified atom stereocenters. The van der Waals surface area contributed by atoms with Gasteiger partial charge in [0, 0.05) is 31.2 Å². The maximum atomic E-state index is 13.6. The Morgan fingerprint density at radius 3 is 2.86 bits per heavy atom. The van der Waals surface area contributed by atoms with Crippen LogP contribution in [0.15, 0.2) is 18.2 Å². The average Bonchev–Trinajstić information content (AvgIpc) is 2.42. The van der Waals surface area contributed by atoms with Crippen molar-refractivity contribution < 1.29 is 4.39 Å². The van der Waals surface area contributed by atoms with Gasteiger partial charge in [0.1, 0.15) is 5.82 Å². The SMILES string of the molecule is CCC(C)C1CNC(C)(C)CN1Cc1cccc(F)c1Cl. The molecule has 0 spiro atoms. The number of hydrogen-bond donors (Lipinski definition) is 1. The lowest BCUT2D eigenvalue weighted by molar-refractivity contribution is 0.0571. The van der Waals surface area contributed by atoms with E-state index in [0.717, 1.165) is 25.1 Å². The van der Waals surface area contributed by atoms with Gasteiger partial charge in [-0.3, -0.25) is 4.90 Å². The van der Waals surface area contributed by atoms with Crippen molar-refractivity contribution in [2.24, 2.45) is 5.92 Å². The molecule has 1 aromatic carbocycles. The zero-order valence-electron chi connectivity index (χ0n) is 13.4. The van der Waals surface area contributed by atoms with Crippen LogP contribution in [0.1, 0.15) is 39.7 Å². The Bertz CT molecular complexity index is 490. The largest absolute Gasteiger partial charge is 0.309 e. The van der Waals surface area contributed by atoms with Gasteiger partial charge in [0.2, 0.25) is 0 Å². The van der Waals surface area contributed by atoms with Crippen LogP contribution >= 0.6 is 11.6 Å². The molecular formula is C17H26ClFN2. The highest BCUT2D eigenvalue weighted by atomic mass is 35.5. The molecule has 0 radical (unpaired) electrons. The summed E-state index contributed by atoms with van der Waals surface area (Å²) in [6.07, 6.45) is 1.14. The van der Waals surface area contributed by atoms with Crippen molar-refractivity contribution >= 4 is 11.6 Å². The second-order valence-corrected chi connectivity index (χ2v) is 7.21. The minimum absolute atomic E-state index is 0.0732. The van der Waals surface area contributed by atoms with Crippen LogP contribution in [0.3, 0.4) is 0 Å². The van der Waals surface area contributed by atoms with E-state index in [1.807, 2.05) is 6.07 Å². The zero-order chi connectivity index (χ0) is 15.6. The van der Waals surface area contributed by atoms with Gasteiger partial charge in [-0.25, -0.2) is 4.39 Å². The third-order valence-corrected chi connectivity index (χ3v) is 4.99. The maximum absolute atomic E-state index is 13.6. The highest BCUT2D eigenvalue weighted by molar-refractivity contribution is 6.31. The number of halogens is 2. The van der Waals surface area contributed by atoms with Gasteiger partial charge < -0.3 is 5.32 Å². The van der Waals surface area contributed by atoms with Gasteiger partial charge in [0.25, 0.3) is 0 Å². The summed E-state index contributed by atoms with van der Waals surface area (Å²) in [6.45, 7) is 11.5. The monoisotopic (exact) mass is 312 g/mol. The summed E-state index contributed by atoms with van der Waals surface area (Å²) in [5, 5.41) is 3.88. The summed E-state index contributed by atoms with van der Waals surface area (Å²) in [6, 6.07) is 5.54. The summed E-state index contributed by atoms with van der Waals surface area (Å²) in [5.41, 5.74) is 0.951. The normalized spacial score (nSPS) is 24.0. The van der Waals surface area contributed by atoms with E-state index < -0.39 is 0 Å². The van der Waals surface area contributed by atoms with Crippen LogP contribution in [0.4, 0.5) is 4.39 Å².